The van der Waals surface area contributed by atoms with Crippen molar-refractivity contribution in [1.82, 2.24) is 0 Å². The van der Waals surface area contributed by atoms with E-state index in [2.05, 4.69) is 4.74 Å². The predicted molar refractivity (Wildman–Crippen MR) is 55.3 cm³/mol. The summed E-state index contributed by atoms with van der Waals surface area (Å²) in [5.41, 5.74) is 0. The Kier molecular flexibility index (Phi) is 3.98. The number of esters is 1. The number of alkyl halides is 6. The van der Waals surface area contributed by atoms with E-state index in [4.69, 9.17) is 74.3 Å². The van der Waals surface area contributed by atoms with Crippen molar-refractivity contribution in [2.24, 2.45) is 0 Å². The van der Waals surface area contributed by atoms with Gasteiger partial charge in [0.1, 0.15) is 0 Å². The van der Waals surface area contributed by atoms with E-state index in [1.54, 1.807) is 0 Å². The summed E-state index contributed by atoms with van der Waals surface area (Å²) in [5.74, 6) is -0.888. The van der Waals surface area contributed by atoms with E-state index in [-0.39, 0.29) is 0 Å². The summed E-state index contributed by atoms with van der Waals surface area (Å²) in [6.45, 7) is 0. The molecule has 1 fully saturated rings. The molecule has 3 nitrogen and oxygen atoms in total. The first-order valence-corrected chi connectivity index (χ1v) is 5.38. The lowest BCUT2D eigenvalue weighted by Crippen LogP contribution is -2.33. The van der Waals surface area contributed by atoms with Crippen LogP contribution in [0.15, 0.2) is 0 Å². The molecule has 1 aliphatic heterocycles. The predicted octanol–water partition coefficient (Wildman–Crippen LogP) is 2.99. The van der Waals surface area contributed by atoms with Crippen LogP contribution in [-0.2, 0) is 14.3 Å². The Bertz CT molecular complexity index is 243. The molecule has 82 valence electrons. The maximum absolute atomic E-state index is 11.1. The third-order valence-corrected chi connectivity index (χ3v) is 2.39. The Labute approximate surface area is 109 Å². The molecular formula is C5H2Cl6O3. The monoisotopic (exact) mass is 320 g/mol. The Hall–Kier alpha value is 1.17. The second-order valence-corrected chi connectivity index (χ2v) is 7.11. The van der Waals surface area contributed by atoms with Crippen molar-refractivity contribution in [1.29, 1.82) is 0 Å². The van der Waals surface area contributed by atoms with E-state index in [1.807, 2.05) is 0 Å². The summed E-state index contributed by atoms with van der Waals surface area (Å²) in [6.07, 6.45) is -2.77. The van der Waals surface area contributed by atoms with Gasteiger partial charge in [-0.2, -0.15) is 0 Å². The van der Waals surface area contributed by atoms with Gasteiger partial charge in [-0.05, 0) is 0 Å². The average Bonchev–Trinajstić information content (AvgIpc) is 2.27. The van der Waals surface area contributed by atoms with Gasteiger partial charge in [0.15, 0.2) is 0 Å². The molecule has 0 amide bonds. The van der Waals surface area contributed by atoms with Gasteiger partial charge in [-0.15, -0.1) is 0 Å². The lowest BCUT2D eigenvalue weighted by atomic mass is 10.4. The molecule has 14 heavy (non-hydrogen) atoms. The molecule has 0 aliphatic carbocycles. The first-order chi connectivity index (χ1) is 6.12. The molecule has 2 atom stereocenters. The summed E-state index contributed by atoms with van der Waals surface area (Å²) >= 11 is 32.5. The molecule has 0 spiro atoms. The quantitative estimate of drug-likeness (QED) is 0.508. The van der Waals surface area contributed by atoms with Crippen LogP contribution in [0.25, 0.3) is 0 Å². The van der Waals surface area contributed by atoms with Crippen molar-refractivity contribution in [3.8, 4) is 0 Å². The average molecular weight is 323 g/mol. The van der Waals surface area contributed by atoms with Gasteiger partial charge in [0.2, 0.25) is 9.90 Å². The van der Waals surface area contributed by atoms with Gasteiger partial charge in [0, 0.05) is 0 Å². The second-order valence-electron chi connectivity index (χ2n) is 2.37. The first-order valence-electron chi connectivity index (χ1n) is 3.12. The molecule has 1 aliphatic rings. The maximum Gasteiger partial charge on any atom is 0.342 e. The molecule has 0 aromatic carbocycles. The number of rotatable bonds is 0. The van der Waals surface area contributed by atoms with Crippen LogP contribution in [0.2, 0.25) is 0 Å². The number of carbonyl (C=O) groups is 1. The number of carbonyl (C=O) groups excluding carboxylic acids is 1. The van der Waals surface area contributed by atoms with E-state index in [0.717, 1.165) is 0 Å². The van der Waals surface area contributed by atoms with Crippen molar-refractivity contribution >= 4 is 75.6 Å². The van der Waals surface area contributed by atoms with Gasteiger partial charge < -0.3 is 9.47 Å². The summed E-state index contributed by atoms with van der Waals surface area (Å²) in [6, 6.07) is 0. The van der Waals surface area contributed by atoms with E-state index >= 15 is 0 Å². The lowest BCUT2D eigenvalue weighted by molar-refractivity contribution is -0.143. The van der Waals surface area contributed by atoms with Crippen LogP contribution >= 0.6 is 69.6 Å². The first kappa shape index (κ1) is 13.2. The number of cyclic esters (lactones) is 1. The van der Waals surface area contributed by atoms with Crippen molar-refractivity contribution in [3.05, 3.63) is 0 Å². The zero-order valence-corrected chi connectivity index (χ0v) is 10.7. The summed E-state index contributed by atoms with van der Waals surface area (Å²) in [7, 11) is 0. The zero-order chi connectivity index (χ0) is 11.1. The number of hydrogen-bond acceptors (Lipinski definition) is 3. The third-order valence-electron chi connectivity index (χ3n) is 1.26. The Morgan fingerprint density at radius 2 is 1.50 bits per heavy atom. The highest BCUT2D eigenvalue weighted by molar-refractivity contribution is 6.69. The van der Waals surface area contributed by atoms with Gasteiger partial charge in [-0.25, -0.2) is 4.79 Å². The summed E-state index contributed by atoms with van der Waals surface area (Å²) in [5, 5.41) is 0. The summed E-state index contributed by atoms with van der Waals surface area (Å²) in [4.78, 5) is 11.1. The standard InChI is InChI=1S/C5H2Cl6O3/c6-4(7,8)1-2(12)14-3(13-1)5(9,10)11/h1,3H/t1-,3-/m0/s1. The minimum Gasteiger partial charge on any atom is -0.429 e. The summed E-state index contributed by atoms with van der Waals surface area (Å²) < 4.78 is 5.52. The van der Waals surface area contributed by atoms with Crippen LogP contribution in [-0.4, -0.2) is 25.9 Å². The van der Waals surface area contributed by atoms with E-state index < -0.39 is 25.9 Å². The highest BCUT2D eigenvalue weighted by Gasteiger charge is 2.53. The van der Waals surface area contributed by atoms with Crippen LogP contribution in [0.1, 0.15) is 0 Å². The van der Waals surface area contributed by atoms with Gasteiger partial charge in [0.05, 0.1) is 0 Å². The molecule has 0 saturated carbocycles. The number of hydrogen-bond donors (Lipinski definition) is 0. The molecule has 1 rings (SSSR count). The largest absolute Gasteiger partial charge is 0.429 e. The molecule has 0 bridgehead atoms. The molecule has 1 saturated heterocycles. The molecule has 0 aromatic heterocycles. The zero-order valence-electron chi connectivity index (χ0n) is 6.15. The van der Waals surface area contributed by atoms with Gasteiger partial charge >= 0.3 is 5.97 Å². The molecule has 1 heterocycles. The molecule has 9 heteroatoms. The van der Waals surface area contributed by atoms with Crippen molar-refractivity contribution in [2.45, 2.75) is 20.0 Å². The fourth-order valence-corrected chi connectivity index (χ4v) is 1.44. The minimum absolute atomic E-state index is 0.888. The molecule has 0 N–H and O–H groups in total. The van der Waals surface area contributed by atoms with Crippen LogP contribution in [0.5, 0.6) is 0 Å². The SMILES string of the molecule is O=C1O[C@@H](C(Cl)(Cl)Cl)O[C@@H]1C(Cl)(Cl)Cl. The molecule has 0 unspecified atom stereocenters. The normalized spacial score (nSPS) is 29.1. The number of ether oxygens (including phenoxy) is 2. The van der Waals surface area contributed by atoms with E-state index in [0.29, 0.717) is 0 Å². The highest BCUT2D eigenvalue weighted by Crippen LogP contribution is 2.42. The molecule has 0 aromatic rings. The second kappa shape index (κ2) is 4.21. The van der Waals surface area contributed by atoms with Crippen molar-refractivity contribution in [2.75, 3.05) is 0 Å². The topological polar surface area (TPSA) is 35.5 Å². The van der Waals surface area contributed by atoms with Crippen LogP contribution < -0.4 is 0 Å². The minimum atomic E-state index is -1.96. The van der Waals surface area contributed by atoms with Gasteiger partial charge in [-0.1, -0.05) is 69.6 Å². The maximum atomic E-state index is 11.1. The van der Waals surface area contributed by atoms with Gasteiger partial charge in [-0.3, -0.25) is 0 Å². The third kappa shape index (κ3) is 3.08. The Morgan fingerprint density at radius 3 is 1.71 bits per heavy atom. The highest BCUT2D eigenvalue weighted by atomic mass is 35.6. The Balaban J connectivity index is 2.75. The van der Waals surface area contributed by atoms with Crippen molar-refractivity contribution in [3.63, 3.8) is 0 Å². The van der Waals surface area contributed by atoms with Gasteiger partial charge in [0.25, 0.3) is 10.1 Å². The smallest absolute Gasteiger partial charge is 0.342 e. The van der Waals surface area contributed by atoms with Crippen molar-refractivity contribution < 1.29 is 14.3 Å². The lowest BCUT2D eigenvalue weighted by Gasteiger charge is -2.18. The fourth-order valence-electron chi connectivity index (χ4n) is 0.729. The molecule has 0 radical (unpaired) electrons. The molecular weight excluding hydrogens is 321 g/mol. The number of halogens is 6. The van der Waals surface area contributed by atoms with Crippen LogP contribution in [0.3, 0.4) is 0 Å². The van der Waals surface area contributed by atoms with E-state index in [9.17, 15) is 4.79 Å². The van der Waals surface area contributed by atoms with E-state index in [1.165, 1.54) is 0 Å². The van der Waals surface area contributed by atoms with Crippen LogP contribution in [0.4, 0.5) is 0 Å². The fraction of sp³-hybridized carbons (Fsp3) is 0.800. The Morgan fingerprint density at radius 1 is 1.00 bits per heavy atom. The van der Waals surface area contributed by atoms with Crippen LogP contribution in [0, 0.1) is 0 Å².